The smallest absolute Gasteiger partial charge is 0.201 e. The van der Waals surface area contributed by atoms with Gasteiger partial charge < -0.3 is 4.90 Å². The molecule has 1 heterocycles. The number of aliphatic imine (C=N–C) groups is 1. The summed E-state index contributed by atoms with van der Waals surface area (Å²) in [5.74, 6) is -0.265. The number of nitrogens with zero attached hydrogens (tertiary/aromatic N) is 3. The van der Waals surface area contributed by atoms with Gasteiger partial charge in [-0.25, -0.2) is 9.38 Å². The van der Waals surface area contributed by atoms with Gasteiger partial charge in [0.15, 0.2) is 0 Å². The number of aryl methyl sites for hydroxylation is 1. The van der Waals surface area contributed by atoms with E-state index in [1.165, 1.54) is 17.7 Å². The van der Waals surface area contributed by atoms with Crippen molar-refractivity contribution in [3.05, 3.63) is 59.9 Å². The maximum Gasteiger partial charge on any atom is 0.201 e. The molecule has 0 radical (unpaired) electrons. The van der Waals surface area contributed by atoms with Gasteiger partial charge in [0.05, 0.1) is 6.67 Å². The van der Waals surface area contributed by atoms with Gasteiger partial charge in [-0.1, -0.05) is 17.7 Å². The molecule has 0 spiro atoms. The summed E-state index contributed by atoms with van der Waals surface area (Å²) in [6.07, 6.45) is 0. The first-order chi connectivity index (χ1) is 10.1. The molecule has 0 unspecified atom stereocenters. The molecule has 0 aromatic heterocycles. The standard InChI is InChI=1S/C16H15ClFN3/c1-12-2-6-14(7-3-12)20-10-19-16(17)21(11-20)15-8-4-13(18)5-9-15/h2-9H,10-11H2,1H3. The zero-order chi connectivity index (χ0) is 14.8. The van der Waals surface area contributed by atoms with Gasteiger partial charge in [-0.15, -0.1) is 0 Å². The van der Waals surface area contributed by atoms with Gasteiger partial charge in [-0.05, 0) is 54.9 Å². The Hall–Kier alpha value is -2.07. The van der Waals surface area contributed by atoms with E-state index in [4.69, 9.17) is 11.6 Å². The summed E-state index contributed by atoms with van der Waals surface area (Å²) in [5.41, 5.74) is 3.12. The highest BCUT2D eigenvalue weighted by Gasteiger charge is 2.21. The van der Waals surface area contributed by atoms with Crippen LogP contribution in [0, 0.1) is 12.7 Å². The number of anilines is 2. The lowest BCUT2D eigenvalue weighted by molar-refractivity contribution is 0.627. The topological polar surface area (TPSA) is 18.8 Å². The molecule has 2 aromatic carbocycles. The van der Waals surface area contributed by atoms with E-state index >= 15 is 0 Å². The third-order valence-electron chi connectivity index (χ3n) is 3.44. The van der Waals surface area contributed by atoms with Gasteiger partial charge in [0, 0.05) is 11.4 Å². The molecule has 5 heteroatoms. The van der Waals surface area contributed by atoms with Crippen molar-refractivity contribution in [2.75, 3.05) is 23.1 Å². The summed E-state index contributed by atoms with van der Waals surface area (Å²) in [7, 11) is 0. The normalized spacial score (nSPS) is 15.1. The third kappa shape index (κ3) is 3.00. The first-order valence-corrected chi connectivity index (χ1v) is 7.06. The van der Waals surface area contributed by atoms with Crippen molar-refractivity contribution in [2.24, 2.45) is 4.99 Å². The van der Waals surface area contributed by atoms with E-state index in [-0.39, 0.29) is 5.82 Å². The number of hydrogen-bond donors (Lipinski definition) is 0. The Balaban J connectivity index is 1.85. The fraction of sp³-hybridized carbons (Fsp3) is 0.188. The van der Waals surface area contributed by atoms with Crippen molar-refractivity contribution in [3.8, 4) is 0 Å². The van der Waals surface area contributed by atoms with E-state index in [1.807, 2.05) is 4.90 Å². The van der Waals surface area contributed by atoms with Gasteiger partial charge >= 0.3 is 0 Å². The number of hydrogen-bond acceptors (Lipinski definition) is 3. The van der Waals surface area contributed by atoms with Crippen LogP contribution in [0.4, 0.5) is 15.8 Å². The SMILES string of the molecule is Cc1ccc(N2CN=C(Cl)N(c3ccc(F)cc3)C2)cc1. The molecular formula is C16H15ClFN3. The maximum atomic E-state index is 13.0. The second-order valence-corrected chi connectivity index (χ2v) is 5.33. The molecule has 0 atom stereocenters. The minimum atomic E-state index is -0.265. The molecular weight excluding hydrogens is 289 g/mol. The van der Waals surface area contributed by atoms with E-state index in [0.29, 0.717) is 18.6 Å². The van der Waals surface area contributed by atoms with Crippen LogP contribution in [0.1, 0.15) is 5.56 Å². The van der Waals surface area contributed by atoms with Crippen molar-refractivity contribution in [2.45, 2.75) is 6.92 Å². The van der Waals surface area contributed by atoms with E-state index in [1.54, 1.807) is 12.1 Å². The molecule has 3 rings (SSSR count). The average molecular weight is 304 g/mol. The van der Waals surface area contributed by atoms with E-state index in [2.05, 4.69) is 41.1 Å². The quantitative estimate of drug-likeness (QED) is 0.782. The predicted molar refractivity (Wildman–Crippen MR) is 85.6 cm³/mol. The highest BCUT2D eigenvalue weighted by atomic mass is 35.5. The van der Waals surface area contributed by atoms with Crippen molar-refractivity contribution in [3.63, 3.8) is 0 Å². The number of rotatable bonds is 2. The number of benzene rings is 2. The third-order valence-corrected chi connectivity index (χ3v) is 3.77. The number of amidine groups is 1. The van der Waals surface area contributed by atoms with Crippen molar-refractivity contribution >= 4 is 28.3 Å². The van der Waals surface area contributed by atoms with Gasteiger partial charge in [0.2, 0.25) is 5.29 Å². The Morgan fingerprint density at radius 3 is 2.29 bits per heavy atom. The molecule has 0 fully saturated rings. The lowest BCUT2D eigenvalue weighted by Gasteiger charge is -2.35. The fourth-order valence-electron chi connectivity index (χ4n) is 2.23. The van der Waals surface area contributed by atoms with Crippen LogP contribution in [-0.4, -0.2) is 18.6 Å². The van der Waals surface area contributed by atoms with Crippen LogP contribution >= 0.6 is 11.6 Å². The Labute approximate surface area is 128 Å². The van der Waals surface area contributed by atoms with Crippen LogP contribution in [0.2, 0.25) is 0 Å². The van der Waals surface area contributed by atoms with Crippen molar-refractivity contribution in [1.82, 2.24) is 0 Å². The summed E-state index contributed by atoms with van der Waals surface area (Å²) in [6, 6.07) is 14.5. The number of halogens is 2. The molecule has 0 saturated carbocycles. The van der Waals surface area contributed by atoms with E-state index in [0.717, 1.165) is 11.4 Å². The summed E-state index contributed by atoms with van der Waals surface area (Å²) in [4.78, 5) is 8.29. The minimum Gasteiger partial charge on any atom is -0.334 e. The minimum absolute atomic E-state index is 0.265. The monoisotopic (exact) mass is 303 g/mol. The molecule has 0 aliphatic carbocycles. The molecule has 1 aliphatic rings. The zero-order valence-electron chi connectivity index (χ0n) is 11.6. The summed E-state index contributed by atoms with van der Waals surface area (Å²) < 4.78 is 13.0. The Kier molecular flexibility index (Phi) is 3.80. The Morgan fingerprint density at radius 1 is 1.00 bits per heavy atom. The summed E-state index contributed by atoms with van der Waals surface area (Å²) in [5, 5.41) is 0.421. The highest BCUT2D eigenvalue weighted by Crippen LogP contribution is 2.23. The molecule has 0 amide bonds. The van der Waals surface area contributed by atoms with Crippen LogP contribution in [-0.2, 0) is 0 Å². The summed E-state index contributed by atoms with van der Waals surface area (Å²) >= 11 is 6.19. The molecule has 0 bridgehead atoms. The molecule has 0 saturated heterocycles. The Morgan fingerprint density at radius 2 is 1.62 bits per heavy atom. The summed E-state index contributed by atoms with van der Waals surface area (Å²) in [6.45, 7) is 3.15. The lowest BCUT2D eigenvalue weighted by atomic mass is 10.2. The molecule has 2 aromatic rings. The van der Waals surface area contributed by atoms with Crippen LogP contribution < -0.4 is 9.80 Å². The van der Waals surface area contributed by atoms with Gasteiger partial charge in [0.25, 0.3) is 0 Å². The van der Waals surface area contributed by atoms with Crippen LogP contribution in [0.25, 0.3) is 0 Å². The zero-order valence-corrected chi connectivity index (χ0v) is 12.4. The van der Waals surface area contributed by atoms with Crippen LogP contribution in [0.15, 0.2) is 53.5 Å². The fourth-order valence-corrected chi connectivity index (χ4v) is 2.44. The van der Waals surface area contributed by atoms with Crippen molar-refractivity contribution in [1.29, 1.82) is 0 Å². The van der Waals surface area contributed by atoms with Gasteiger partial charge in [-0.3, -0.25) is 4.90 Å². The van der Waals surface area contributed by atoms with Gasteiger partial charge in [0.1, 0.15) is 12.5 Å². The largest absolute Gasteiger partial charge is 0.334 e. The molecule has 1 aliphatic heterocycles. The van der Waals surface area contributed by atoms with Crippen molar-refractivity contribution < 1.29 is 4.39 Å². The first kappa shape index (κ1) is 13.9. The van der Waals surface area contributed by atoms with Crippen LogP contribution in [0.3, 0.4) is 0 Å². The lowest BCUT2D eigenvalue weighted by Crippen LogP contribution is -2.44. The van der Waals surface area contributed by atoms with Crippen LogP contribution in [0.5, 0.6) is 0 Å². The van der Waals surface area contributed by atoms with Gasteiger partial charge in [-0.2, -0.15) is 0 Å². The molecule has 21 heavy (non-hydrogen) atoms. The van der Waals surface area contributed by atoms with E-state index < -0.39 is 0 Å². The molecule has 108 valence electrons. The first-order valence-electron chi connectivity index (χ1n) is 6.68. The highest BCUT2D eigenvalue weighted by molar-refractivity contribution is 6.68. The molecule has 3 nitrogen and oxygen atoms in total. The Bertz CT molecular complexity index is 652. The second kappa shape index (κ2) is 5.74. The van der Waals surface area contributed by atoms with E-state index in [9.17, 15) is 4.39 Å². The second-order valence-electron chi connectivity index (χ2n) is 4.99. The maximum absolute atomic E-state index is 13.0. The predicted octanol–water partition coefficient (Wildman–Crippen LogP) is 3.97. The average Bonchev–Trinajstić information content (AvgIpc) is 2.50. The molecule has 0 N–H and O–H groups in total.